The molecule has 0 aliphatic carbocycles. The number of carbonyl (C=O) groups excluding carboxylic acids is 2. The SMILES string of the molecule is O=C(c1cc2ccccc2[nH]1)N1CCc2[nH]nc(C(=O)N3CC(F)(F)C3)c2C1. The van der Waals surface area contributed by atoms with E-state index in [1.807, 2.05) is 24.3 Å². The second-order valence-corrected chi connectivity index (χ2v) is 7.29. The molecule has 5 rings (SSSR count). The summed E-state index contributed by atoms with van der Waals surface area (Å²) in [6.45, 7) is -0.486. The van der Waals surface area contributed by atoms with Gasteiger partial charge in [0.15, 0.2) is 5.69 Å². The number of amides is 2. The van der Waals surface area contributed by atoms with Crippen molar-refractivity contribution >= 4 is 22.7 Å². The van der Waals surface area contributed by atoms with Crippen LogP contribution in [-0.4, -0.2) is 62.4 Å². The summed E-state index contributed by atoms with van der Waals surface area (Å²) < 4.78 is 26.2. The van der Waals surface area contributed by atoms with Gasteiger partial charge in [0.2, 0.25) is 0 Å². The third kappa shape index (κ3) is 2.65. The first-order valence-electron chi connectivity index (χ1n) is 9.01. The minimum atomic E-state index is -2.83. The zero-order valence-corrected chi connectivity index (χ0v) is 14.8. The molecule has 0 atom stereocenters. The lowest BCUT2D eigenvalue weighted by Gasteiger charge is -2.38. The zero-order chi connectivity index (χ0) is 19.5. The van der Waals surface area contributed by atoms with E-state index in [1.54, 1.807) is 11.0 Å². The Labute approximate surface area is 158 Å². The normalized spacial score (nSPS) is 18.1. The number of likely N-dealkylation sites (tertiary alicyclic amines) is 1. The number of benzene rings is 1. The van der Waals surface area contributed by atoms with Crippen molar-refractivity contribution in [2.75, 3.05) is 19.6 Å². The van der Waals surface area contributed by atoms with E-state index in [1.165, 1.54) is 0 Å². The Hall–Kier alpha value is -3.23. The molecule has 1 fully saturated rings. The quantitative estimate of drug-likeness (QED) is 0.709. The van der Waals surface area contributed by atoms with E-state index in [2.05, 4.69) is 15.2 Å². The van der Waals surface area contributed by atoms with Gasteiger partial charge in [-0.1, -0.05) is 18.2 Å². The molecular formula is C19H17F2N5O2. The van der Waals surface area contributed by atoms with Gasteiger partial charge in [0.25, 0.3) is 17.7 Å². The van der Waals surface area contributed by atoms with E-state index >= 15 is 0 Å². The summed E-state index contributed by atoms with van der Waals surface area (Å²) in [5.74, 6) is -3.52. The first kappa shape index (κ1) is 16.9. The van der Waals surface area contributed by atoms with Crippen LogP contribution in [0.25, 0.3) is 10.9 Å². The van der Waals surface area contributed by atoms with Crippen molar-refractivity contribution in [2.45, 2.75) is 18.9 Å². The lowest BCUT2D eigenvalue weighted by molar-refractivity contribution is -0.113. The minimum Gasteiger partial charge on any atom is -0.351 e. The van der Waals surface area contributed by atoms with Gasteiger partial charge in [-0.25, -0.2) is 8.78 Å². The summed E-state index contributed by atoms with van der Waals surface area (Å²) in [7, 11) is 0. The van der Waals surface area contributed by atoms with Gasteiger partial charge in [0.05, 0.1) is 19.6 Å². The lowest BCUT2D eigenvalue weighted by atomic mass is 10.0. The van der Waals surface area contributed by atoms with Crippen LogP contribution >= 0.6 is 0 Å². The van der Waals surface area contributed by atoms with E-state index in [4.69, 9.17) is 0 Å². The van der Waals surface area contributed by atoms with E-state index in [-0.39, 0.29) is 18.1 Å². The maximum Gasteiger partial charge on any atom is 0.282 e. The average Bonchev–Trinajstić information content (AvgIpc) is 3.28. The molecule has 2 aliphatic heterocycles. The Bertz CT molecular complexity index is 1060. The summed E-state index contributed by atoms with van der Waals surface area (Å²) in [6.07, 6.45) is 0.526. The molecule has 4 heterocycles. The van der Waals surface area contributed by atoms with Crippen molar-refractivity contribution in [3.8, 4) is 0 Å². The molecule has 2 aliphatic rings. The van der Waals surface area contributed by atoms with Gasteiger partial charge in [-0.3, -0.25) is 14.7 Å². The van der Waals surface area contributed by atoms with E-state index < -0.39 is 24.9 Å². The molecule has 28 heavy (non-hydrogen) atoms. The van der Waals surface area contributed by atoms with E-state index in [9.17, 15) is 18.4 Å². The van der Waals surface area contributed by atoms with E-state index in [0.717, 1.165) is 21.5 Å². The molecule has 1 aromatic carbocycles. The fraction of sp³-hybridized carbons (Fsp3) is 0.316. The highest BCUT2D eigenvalue weighted by atomic mass is 19.3. The molecular weight excluding hydrogens is 368 g/mol. The van der Waals surface area contributed by atoms with Crippen LogP contribution in [0.15, 0.2) is 30.3 Å². The predicted octanol–water partition coefficient (Wildman–Crippen LogP) is 2.18. The molecule has 9 heteroatoms. The Kier molecular flexibility index (Phi) is 3.55. The van der Waals surface area contributed by atoms with Crippen LogP contribution in [0, 0.1) is 0 Å². The molecule has 1 saturated heterocycles. The maximum absolute atomic E-state index is 13.1. The number of hydrogen-bond acceptors (Lipinski definition) is 3. The topological polar surface area (TPSA) is 85.1 Å². The molecule has 144 valence electrons. The van der Waals surface area contributed by atoms with Crippen molar-refractivity contribution in [3.63, 3.8) is 0 Å². The molecule has 2 N–H and O–H groups in total. The number of aromatic nitrogens is 3. The fourth-order valence-corrected chi connectivity index (χ4v) is 3.81. The van der Waals surface area contributed by atoms with Gasteiger partial charge >= 0.3 is 0 Å². The number of nitrogens with one attached hydrogen (secondary N) is 2. The van der Waals surface area contributed by atoms with Crippen molar-refractivity contribution in [1.82, 2.24) is 25.0 Å². The molecule has 3 aromatic rings. The van der Waals surface area contributed by atoms with Crippen molar-refractivity contribution in [2.24, 2.45) is 0 Å². The monoisotopic (exact) mass is 385 g/mol. The van der Waals surface area contributed by atoms with Gasteiger partial charge in [-0.2, -0.15) is 5.10 Å². The van der Waals surface area contributed by atoms with Crippen LogP contribution in [0.1, 0.15) is 32.2 Å². The van der Waals surface area contributed by atoms with Gasteiger partial charge in [0, 0.05) is 35.1 Å². The molecule has 7 nitrogen and oxygen atoms in total. The van der Waals surface area contributed by atoms with Crippen LogP contribution in [0.3, 0.4) is 0 Å². The number of carbonyl (C=O) groups is 2. The Morgan fingerprint density at radius 3 is 2.64 bits per heavy atom. The molecule has 2 amide bonds. The predicted molar refractivity (Wildman–Crippen MR) is 96.2 cm³/mol. The number of nitrogens with zero attached hydrogens (tertiary/aromatic N) is 3. The first-order chi connectivity index (χ1) is 13.4. The lowest BCUT2D eigenvalue weighted by Crippen LogP contribution is -2.58. The summed E-state index contributed by atoms with van der Waals surface area (Å²) in [4.78, 5) is 31.3. The van der Waals surface area contributed by atoms with Gasteiger partial charge < -0.3 is 14.8 Å². The minimum absolute atomic E-state index is 0.125. The van der Waals surface area contributed by atoms with Crippen LogP contribution in [-0.2, 0) is 13.0 Å². The number of para-hydroxylation sites is 1. The number of hydrogen-bond donors (Lipinski definition) is 2. The maximum atomic E-state index is 13.1. The summed E-state index contributed by atoms with van der Waals surface area (Å²) >= 11 is 0. The number of H-pyrrole nitrogens is 2. The highest BCUT2D eigenvalue weighted by Gasteiger charge is 2.47. The summed E-state index contributed by atoms with van der Waals surface area (Å²) in [6, 6.07) is 9.42. The standard InChI is InChI=1S/C19H17F2N5O2/c20-19(21)9-26(10-19)18(28)16-12-8-25(6-5-14(12)23-24-16)17(27)15-7-11-3-1-2-4-13(11)22-15/h1-4,7,22H,5-6,8-10H2,(H,23,24). The van der Waals surface area contributed by atoms with Crippen LogP contribution in [0.2, 0.25) is 0 Å². The number of rotatable bonds is 2. The summed E-state index contributed by atoms with van der Waals surface area (Å²) in [5.41, 5.74) is 2.86. The van der Waals surface area contributed by atoms with Crippen LogP contribution in [0.5, 0.6) is 0 Å². The molecule has 0 spiro atoms. The van der Waals surface area contributed by atoms with Gasteiger partial charge in [-0.05, 0) is 12.1 Å². The smallest absolute Gasteiger partial charge is 0.282 e. The van der Waals surface area contributed by atoms with Crippen molar-refractivity contribution < 1.29 is 18.4 Å². The fourth-order valence-electron chi connectivity index (χ4n) is 3.81. The Morgan fingerprint density at radius 1 is 1.11 bits per heavy atom. The first-order valence-corrected chi connectivity index (χ1v) is 9.01. The molecule has 0 saturated carbocycles. The molecule has 2 aromatic heterocycles. The largest absolute Gasteiger partial charge is 0.351 e. The van der Waals surface area contributed by atoms with Crippen LogP contribution in [0.4, 0.5) is 8.78 Å². The number of alkyl halides is 2. The second kappa shape index (κ2) is 5.88. The number of halogens is 2. The second-order valence-electron chi connectivity index (χ2n) is 7.29. The summed E-state index contributed by atoms with van der Waals surface area (Å²) in [5, 5.41) is 7.81. The zero-order valence-electron chi connectivity index (χ0n) is 14.8. The average molecular weight is 385 g/mol. The molecule has 0 bridgehead atoms. The Balaban J connectivity index is 1.38. The number of aromatic amines is 2. The van der Waals surface area contributed by atoms with Gasteiger partial charge in [-0.15, -0.1) is 0 Å². The third-order valence-corrected chi connectivity index (χ3v) is 5.32. The van der Waals surface area contributed by atoms with Gasteiger partial charge in [0.1, 0.15) is 5.69 Å². The third-order valence-electron chi connectivity index (χ3n) is 5.32. The van der Waals surface area contributed by atoms with Crippen molar-refractivity contribution in [1.29, 1.82) is 0 Å². The van der Waals surface area contributed by atoms with Crippen LogP contribution < -0.4 is 0 Å². The Morgan fingerprint density at radius 2 is 1.89 bits per heavy atom. The highest BCUT2D eigenvalue weighted by Crippen LogP contribution is 2.30. The van der Waals surface area contributed by atoms with Crippen molar-refractivity contribution in [3.05, 3.63) is 53.0 Å². The number of fused-ring (bicyclic) bond motifs is 2. The van der Waals surface area contributed by atoms with E-state index in [0.29, 0.717) is 24.2 Å². The highest BCUT2D eigenvalue weighted by molar-refractivity contribution is 5.99. The molecule has 0 radical (unpaired) electrons. The molecule has 0 unspecified atom stereocenters.